The third-order valence-electron chi connectivity index (χ3n) is 4.31. The zero-order valence-electron chi connectivity index (χ0n) is 16.5. The molecular weight excluding hydrogens is 424 g/mol. The number of aryl methyl sites for hydroxylation is 1. The molecule has 0 atom stereocenters. The fourth-order valence-electron chi connectivity index (χ4n) is 2.75. The van der Waals surface area contributed by atoms with Crippen molar-refractivity contribution < 1.29 is 19.2 Å². The van der Waals surface area contributed by atoms with Crippen LogP contribution in [0.15, 0.2) is 47.4 Å². The first kappa shape index (κ1) is 21.8. The Bertz CT molecular complexity index is 1000. The van der Waals surface area contributed by atoms with E-state index in [-0.39, 0.29) is 18.2 Å². The third kappa shape index (κ3) is 5.17. The SMILES string of the molecule is CCN1C(=O)/C(=C/c2cc([N+](=O)[O-])ccc2OCCOc2ccc(C)cc2)SC1=S. The van der Waals surface area contributed by atoms with Gasteiger partial charge >= 0.3 is 0 Å². The maximum Gasteiger partial charge on any atom is 0.270 e. The van der Waals surface area contributed by atoms with Crippen molar-refractivity contribution in [3.05, 3.63) is 68.6 Å². The molecule has 1 saturated heterocycles. The van der Waals surface area contributed by atoms with E-state index in [0.717, 1.165) is 11.3 Å². The van der Waals surface area contributed by atoms with Crippen molar-refractivity contribution in [3.8, 4) is 11.5 Å². The van der Waals surface area contributed by atoms with Gasteiger partial charge in [-0.05, 0) is 38.1 Å². The Morgan fingerprint density at radius 3 is 2.50 bits per heavy atom. The molecule has 0 spiro atoms. The second kappa shape index (κ2) is 9.73. The van der Waals surface area contributed by atoms with Crippen molar-refractivity contribution in [2.45, 2.75) is 13.8 Å². The number of thiocarbonyl (C=S) groups is 1. The molecule has 1 aliphatic rings. The van der Waals surface area contributed by atoms with Crippen molar-refractivity contribution in [2.24, 2.45) is 0 Å². The quantitative estimate of drug-likeness (QED) is 0.194. The van der Waals surface area contributed by atoms with Gasteiger partial charge in [0, 0.05) is 24.2 Å². The number of nitrogens with zero attached hydrogens (tertiary/aromatic N) is 2. The monoisotopic (exact) mass is 444 g/mol. The normalized spacial score (nSPS) is 15.0. The van der Waals surface area contributed by atoms with Gasteiger partial charge in [0.15, 0.2) is 0 Å². The summed E-state index contributed by atoms with van der Waals surface area (Å²) >= 11 is 6.39. The van der Waals surface area contributed by atoms with E-state index in [0.29, 0.717) is 33.7 Å². The zero-order valence-corrected chi connectivity index (χ0v) is 18.1. The molecule has 2 aromatic carbocycles. The minimum atomic E-state index is -0.487. The van der Waals surface area contributed by atoms with E-state index in [4.69, 9.17) is 21.7 Å². The summed E-state index contributed by atoms with van der Waals surface area (Å²) in [5.41, 5.74) is 1.49. The maximum atomic E-state index is 12.5. The van der Waals surface area contributed by atoms with E-state index in [9.17, 15) is 14.9 Å². The van der Waals surface area contributed by atoms with Gasteiger partial charge in [-0.2, -0.15) is 0 Å². The van der Waals surface area contributed by atoms with Gasteiger partial charge in [0.1, 0.15) is 29.0 Å². The number of non-ortho nitro benzene ring substituents is 1. The predicted molar refractivity (Wildman–Crippen MR) is 121 cm³/mol. The highest BCUT2D eigenvalue weighted by Crippen LogP contribution is 2.35. The third-order valence-corrected chi connectivity index (χ3v) is 5.69. The Morgan fingerprint density at radius 2 is 1.87 bits per heavy atom. The number of amides is 1. The first-order chi connectivity index (χ1) is 14.4. The van der Waals surface area contributed by atoms with Gasteiger partial charge in [0.25, 0.3) is 11.6 Å². The van der Waals surface area contributed by atoms with E-state index in [2.05, 4.69) is 0 Å². The highest BCUT2D eigenvalue weighted by molar-refractivity contribution is 8.26. The molecule has 1 fully saturated rings. The van der Waals surface area contributed by atoms with Gasteiger partial charge in [0.2, 0.25) is 0 Å². The number of hydrogen-bond donors (Lipinski definition) is 0. The summed E-state index contributed by atoms with van der Waals surface area (Å²) in [6, 6.07) is 11.9. The predicted octanol–water partition coefficient (Wildman–Crippen LogP) is 4.58. The van der Waals surface area contributed by atoms with Crippen LogP contribution in [0.5, 0.6) is 11.5 Å². The van der Waals surface area contributed by atoms with E-state index < -0.39 is 4.92 Å². The van der Waals surface area contributed by atoms with Crippen LogP contribution in [0, 0.1) is 17.0 Å². The summed E-state index contributed by atoms with van der Waals surface area (Å²) in [6.07, 6.45) is 1.58. The molecule has 0 aliphatic carbocycles. The molecule has 7 nitrogen and oxygen atoms in total. The minimum absolute atomic E-state index is 0.0875. The van der Waals surface area contributed by atoms with Crippen LogP contribution >= 0.6 is 24.0 Å². The Kier molecular flexibility index (Phi) is 7.07. The summed E-state index contributed by atoms with van der Waals surface area (Å²) in [6.45, 7) is 4.84. The van der Waals surface area contributed by atoms with Crippen molar-refractivity contribution in [1.82, 2.24) is 4.90 Å². The molecule has 0 radical (unpaired) electrons. The topological polar surface area (TPSA) is 81.9 Å². The van der Waals surface area contributed by atoms with Crippen LogP contribution < -0.4 is 9.47 Å². The van der Waals surface area contributed by atoms with E-state index in [1.165, 1.54) is 34.9 Å². The van der Waals surface area contributed by atoms with Gasteiger partial charge in [-0.3, -0.25) is 19.8 Å². The smallest absolute Gasteiger partial charge is 0.270 e. The number of thioether (sulfide) groups is 1. The number of rotatable bonds is 8. The summed E-state index contributed by atoms with van der Waals surface area (Å²) in [7, 11) is 0. The largest absolute Gasteiger partial charge is 0.490 e. The number of nitro groups is 1. The van der Waals surface area contributed by atoms with Crippen LogP contribution in [0.2, 0.25) is 0 Å². The van der Waals surface area contributed by atoms with Crippen LogP contribution in [-0.2, 0) is 4.79 Å². The minimum Gasteiger partial charge on any atom is -0.490 e. The molecule has 0 saturated carbocycles. The van der Waals surface area contributed by atoms with Gasteiger partial charge in [0.05, 0.1) is 9.83 Å². The van der Waals surface area contributed by atoms with E-state index >= 15 is 0 Å². The van der Waals surface area contributed by atoms with Crippen LogP contribution in [0.25, 0.3) is 6.08 Å². The molecule has 156 valence electrons. The number of nitro benzene ring substituents is 1. The maximum absolute atomic E-state index is 12.5. The molecule has 0 unspecified atom stereocenters. The average molecular weight is 445 g/mol. The van der Waals surface area contributed by atoms with Gasteiger partial charge in [-0.15, -0.1) is 0 Å². The van der Waals surface area contributed by atoms with Gasteiger partial charge in [-0.25, -0.2) is 0 Å². The molecule has 1 heterocycles. The summed E-state index contributed by atoms with van der Waals surface area (Å²) in [4.78, 5) is 25.1. The Hall–Kier alpha value is -2.91. The van der Waals surface area contributed by atoms with Crippen molar-refractivity contribution in [1.29, 1.82) is 0 Å². The first-order valence-electron chi connectivity index (χ1n) is 9.25. The Labute approximate surface area is 183 Å². The van der Waals surface area contributed by atoms with E-state index in [1.807, 2.05) is 38.1 Å². The molecule has 3 rings (SSSR count). The molecule has 30 heavy (non-hydrogen) atoms. The highest BCUT2D eigenvalue weighted by Gasteiger charge is 2.31. The van der Waals surface area contributed by atoms with Crippen molar-refractivity contribution in [2.75, 3.05) is 19.8 Å². The number of ether oxygens (including phenoxy) is 2. The highest BCUT2D eigenvalue weighted by atomic mass is 32.2. The number of carbonyl (C=O) groups excluding carboxylic acids is 1. The second-order valence-corrected chi connectivity index (χ2v) is 8.09. The molecule has 2 aromatic rings. The fraction of sp³-hybridized carbons (Fsp3) is 0.238. The van der Waals surface area contributed by atoms with Gasteiger partial charge < -0.3 is 9.47 Å². The molecule has 1 amide bonds. The summed E-state index contributed by atoms with van der Waals surface area (Å²) < 4.78 is 11.9. The number of hydrogen-bond acceptors (Lipinski definition) is 7. The molecular formula is C21H20N2O5S2. The van der Waals surface area contributed by atoms with Crippen molar-refractivity contribution in [3.63, 3.8) is 0 Å². The number of likely N-dealkylation sites (N-methyl/N-ethyl adjacent to an activating group) is 1. The lowest BCUT2D eigenvalue weighted by molar-refractivity contribution is -0.384. The summed E-state index contributed by atoms with van der Waals surface area (Å²) in [5.74, 6) is 0.943. The average Bonchev–Trinajstić information content (AvgIpc) is 2.99. The van der Waals surface area contributed by atoms with Crippen LogP contribution in [-0.4, -0.2) is 39.8 Å². The molecule has 9 heteroatoms. The van der Waals surface area contributed by atoms with Crippen LogP contribution in [0.1, 0.15) is 18.1 Å². The summed E-state index contributed by atoms with van der Waals surface area (Å²) in [5, 5.41) is 11.2. The molecule has 0 N–H and O–H groups in total. The number of carbonyl (C=O) groups is 1. The zero-order chi connectivity index (χ0) is 21.7. The van der Waals surface area contributed by atoms with E-state index in [1.54, 1.807) is 6.08 Å². The lowest BCUT2D eigenvalue weighted by Gasteiger charge is -2.11. The van der Waals surface area contributed by atoms with Crippen molar-refractivity contribution >= 4 is 46.0 Å². The van der Waals surface area contributed by atoms with Crippen LogP contribution in [0.3, 0.4) is 0 Å². The second-order valence-electron chi connectivity index (χ2n) is 6.42. The lowest BCUT2D eigenvalue weighted by atomic mass is 10.1. The van der Waals surface area contributed by atoms with Gasteiger partial charge in [-0.1, -0.05) is 41.7 Å². The lowest BCUT2D eigenvalue weighted by Crippen LogP contribution is -2.27. The molecule has 0 bridgehead atoms. The molecule has 0 aromatic heterocycles. The fourth-order valence-corrected chi connectivity index (χ4v) is 4.13. The number of benzene rings is 2. The first-order valence-corrected chi connectivity index (χ1v) is 10.5. The standard InChI is InChI=1S/C21H20N2O5S2/c1-3-22-20(24)19(30-21(22)29)13-15-12-16(23(25)26)6-9-18(15)28-11-10-27-17-7-4-14(2)5-8-17/h4-9,12-13H,3,10-11H2,1-2H3/b19-13-. The Morgan fingerprint density at radius 1 is 1.17 bits per heavy atom. The molecule has 1 aliphatic heterocycles. The van der Waals surface area contributed by atoms with Crippen LogP contribution in [0.4, 0.5) is 5.69 Å². The Balaban J connectivity index is 1.75.